The van der Waals surface area contributed by atoms with Gasteiger partial charge in [-0.3, -0.25) is 0 Å². The number of ether oxygens (including phenoxy) is 1. The van der Waals surface area contributed by atoms with Crippen molar-refractivity contribution in [3.05, 3.63) is 35.4 Å². The molecule has 0 bridgehead atoms. The maximum absolute atomic E-state index is 5.23. The molecule has 1 fully saturated rings. The van der Waals surface area contributed by atoms with E-state index in [9.17, 15) is 0 Å². The Morgan fingerprint density at radius 2 is 2.22 bits per heavy atom. The lowest BCUT2D eigenvalue weighted by atomic mass is 9.95. The van der Waals surface area contributed by atoms with E-state index >= 15 is 0 Å². The molecule has 2 rings (SSSR count). The van der Waals surface area contributed by atoms with Crippen LogP contribution in [0.2, 0.25) is 0 Å². The van der Waals surface area contributed by atoms with Crippen molar-refractivity contribution in [2.24, 2.45) is 5.92 Å². The lowest BCUT2D eigenvalue weighted by Crippen LogP contribution is -2.27. The van der Waals surface area contributed by atoms with Crippen LogP contribution in [-0.2, 0) is 11.2 Å². The van der Waals surface area contributed by atoms with Gasteiger partial charge in [0.2, 0.25) is 0 Å². The maximum atomic E-state index is 5.23. The van der Waals surface area contributed by atoms with E-state index in [1.807, 2.05) is 0 Å². The van der Waals surface area contributed by atoms with Crippen molar-refractivity contribution >= 4 is 0 Å². The lowest BCUT2D eigenvalue weighted by Gasteiger charge is -2.17. The first-order valence-electron chi connectivity index (χ1n) is 7.06. The summed E-state index contributed by atoms with van der Waals surface area (Å²) in [4.78, 5) is 0. The Labute approximate surface area is 111 Å². The molecule has 0 spiro atoms. The molecule has 0 aliphatic heterocycles. The quantitative estimate of drug-likeness (QED) is 0.762. The molecule has 1 N–H and O–H groups in total. The Morgan fingerprint density at radius 3 is 2.89 bits per heavy atom. The minimum atomic E-state index is 0.687. The summed E-state index contributed by atoms with van der Waals surface area (Å²) in [5.41, 5.74) is 2.81. The van der Waals surface area contributed by atoms with Gasteiger partial charge in [-0.15, -0.1) is 0 Å². The molecule has 1 aliphatic carbocycles. The van der Waals surface area contributed by atoms with Crippen LogP contribution < -0.4 is 5.32 Å². The molecule has 100 valence electrons. The molecule has 1 unspecified atom stereocenters. The van der Waals surface area contributed by atoms with Gasteiger partial charge < -0.3 is 10.1 Å². The Bertz CT molecular complexity index is 360. The van der Waals surface area contributed by atoms with E-state index in [1.165, 1.54) is 24.0 Å². The highest BCUT2D eigenvalue weighted by Crippen LogP contribution is 2.20. The molecule has 0 heterocycles. The number of benzene rings is 1. The normalized spacial score (nSPS) is 16.8. The maximum Gasteiger partial charge on any atom is 0.0465 e. The van der Waals surface area contributed by atoms with Crippen molar-refractivity contribution < 1.29 is 4.74 Å². The Kier molecular flexibility index (Phi) is 5.21. The second-order valence-corrected chi connectivity index (χ2v) is 5.52. The fraction of sp³-hybridized carbons (Fsp3) is 0.625. The molecule has 1 aliphatic rings. The molecule has 2 nitrogen and oxygen atoms in total. The van der Waals surface area contributed by atoms with E-state index in [-0.39, 0.29) is 0 Å². The summed E-state index contributed by atoms with van der Waals surface area (Å²) in [7, 11) is 1.79. The van der Waals surface area contributed by atoms with Crippen molar-refractivity contribution in [3.63, 3.8) is 0 Å². The number of hydrogen-bond donors (Lipinski definition) is 1. The van der Waals surface area contributed by atoms with Crippen LogP contribution in [0.5, 0.6) is 0 Å². The van der Waals surface area contributed by atoms with Gasteiger partial charge in [-0.2, -0.15) is 0 Å². The van der Waals surface area contributed by atoms with Crippen LogP contribution in [0.15, 0.2) is 24.3 Å². The summed E-state index contributed by atoms with van der Waals surface area (Å²) in [6.45, 7) is 4.15. The van der Waals surface area contributed by atoms with E-state index in [1.54, 1.807) is 7.11 Å². The van der Waals surface area contributed by atoms with E-state index in [2.05, 4.69) is 36.5 Å². The van der Waals surface area contributed by atoms with Crippen molar-refractivity contribution in [3.8, 4) is 0 Å². The summed E-state index contributed by atoms with van der Waals surface area (Å²) in [5.74, 6) is 0.687. The van der Waals surface area contributed by atoms with E-state index < -0.39 is 0 Å². The van der Waals surface area contributed by atoms with Gasteiger partial charge in [0.1, 0.15) is 0 Å². The Morgan fingerprint density at radius 1 is 1.39 bits per heavy atom. The van der Waals surface area contributed by atoms with Crippen LogP contribution in [0, 0.1) is 12.8 Å². The van der Waals surface area contributed by atoms with Gasteiger partial charge in [0.15, 0.2) is 0 Å². The third-order valence-electron chi connectivity index (χ3n) is 3.61. The van der Waals surface area contributed by atoms with E-state index in [0.29, 0.717) is 5.92 Å². The van der Waals surface area contributed by atoms with Crippen LogP contribution in [0.4, 0.5) is 0 Å². The van der Waals surface area contributed by atoms with E-state index in [4.69, 9.17) is 4.74 Å². The van der Waals surface area contributed by atoms with Gasteiger partial charge in [-0.25, -0.2) is 0 Å². The largest absolute Gasteiger partial charge is 0.385 e. The second kappa shape index (κ2) is 6.91. The standard InChI is InChI=1S/C16H25NO/c1-13-4-3-5-14(10-13)11-15(8-9-18-2)12-17-16-6-7-16/h3-5,10,15-17H,6-9,11-12H2,1-2H3. The number of hydrogen-bond acceptors (Lipinski definition) is 2. The van der Waals surface area contributed by atoms with Gasteiger partial charge in [0.05, 0.1) is 0 Å². The van der Waals surface area contributed by atoms with Gasteiger partial charge in [0.25, 0.3) is 0 Å². The minimum absolute atomic E-state index is 0.687. The molecule has 18 heavy (non-hydrogen) atoms. The molecule has 0 saturated heterocycles. The first-order chi connectivity index (χ1) is 8.78. The van der Waals surface area contributed by atoms with Gasteiger partial charge in [-0.05, 0) is 50.6 Å². The van der Waals surface area contributed by atoms with Crippen LogP contribution in [0.25, 0.3) is 0 Å². The number of aryl methyl sites for hydroxylation is 1. The van der Waals surface area contributed by atoms with Crippen molar-refractivity contribution in [1.29, 1.82) is 0 Å². The average molecular weight is 247 g/mol. The van der Waals surface area contributed by atoms with E-state index in [0.717, 1.165) is 32.0 Å². The van der Waals surface area contributed by atoms with Gasteiger partial charge in [0, 0.05) is 19.8 Å². The summed E-state index contributed by atoms with van der Waals surface area (Å²) < 4.78 is 5.23. The Hall–Kier alpha value is -0.860. The molecule has 0 amide bonds. The molecular formula is C16H25NO. The predicted molar refractivity (Wildman–Crippen MR) is 75.9 cm³/mol. The monoisotopic (exact) mass is 247 g/mol. The highest BCUT2D eigenvalue weighted by molar-refractivity contribution is 5.22. The summed E-state index contributed by atoms with van der Waals surface area (Å²) in [5, 5.41) is 3.64. The summed E-state index contributed by atoms with van der Waals surface area (Å²) in [6.07, 6.45) is 5.03. The zero-order valence-electron chi connectivity index (χ0n) is 11.6. The predicted octanol–water partition coefficient (Wildman–Crippen LogP) is 2.94. The number of nitrogens with one attached hydrogen (secondary N) is 1. The van der Waals surface area contributed by atoms with Crippen LogP contribution in [0.3, 0.4) is 0 Å². The molecule has 1 atom stereocenters. The zero-order valence-corrected chi connectivity index (χ0v) is 11.6. The summed E-state index contributed by atoms with van der Waals surface area (Å²) >= 11 is 0. The smallest absolute Gasteiger partial charge is 0.0465 e. The third-order valence-corrected chi connectivity index (χ3v) is 3.61. The first-order valence-corrected chi connectivity index (χ1v) is 7.06. The van der Waals surface area contributed by atoms with Crippen molar-refractivity contribution in [2.75, 3.05) is 20.3 Å². The molecule has 1 aromatic rings. The van der Waals surface area contributed by atoms with Crippen LogP contribution >= 0.6 is 0 Å². The topological polar surface area (TPSA) is 21.3 Å². The van der Waals surface area contributed by atoms with Gasteiger partial charge in [-0.1, -0.05) is 29.8 Å². The number of rotatable bonds is 8. The first kappa shape index (κ1) is 13.6. The fourth-order valence-electron chi connectivity index (χ4n) is 2.35. The van der Waals surface area contributed by atoms with Crippen LogP contribution in [0.1, 0.15) is 30.4 Å². The fourth-order valence-corrected chi connectivity index (χ4v) is 2.35. The highest BCUT2D eigenvalue weighted by atomic mass is 16.5. The molecule has 1 aromatic carbocycles. The molecule has 2 heteroatoms. The Balaban J connectivity index is 1.85. The van der Waals surface area contributed by atoms with Crippen molar-refractivity contribution in [1.82, 2.24) is 5.32 Å². The SMILES string of the molecule is COCCC(CNC1CC1)Cc1cccc(C)c1. The minimum Gasteiger partial charge on any atom is -0.385 e. The highest BCUT2D eigenvalue weighted by Gasteiger charge is 2.21. The number of methoxy groups -OCH3 is 1. The lowest BCUT2D eigenvalue weighted by molar-refractivity contribution is 0.176. The molecule has 0 aromatic heterocycles. The zero-order chi connectivity index (χ0) is 12.8. The van der Waals surface area contributed by atoms with Crippen molar-refractivity contribution in [2.45, 2.75) is 38.6 Å². The molecule has 1 saturated carbocycles. The summed E-state index contributed by atoms with van der Waals surface area (Å²) in [6, 6.07) is 9.66. The second-order valence-electron chi connectivity index (χ2n) is 5.52. The van der Waals surface area contributed by atoms with Gasteiger partial charge >= 0.3 is 0 Å². The average Bonchev–Trinajstić information content (AvgIpc) is 3.17. The molecular weight excluding hydrogens is 222 g/mol. The third kappa shape index (κ3) is 4.79. The molecule has 0 radical (unpaired) electrons. The van der Waals surface area contributed by atoms with Crippen LogP contribution in [-0.4, -0.2) is 26.3 Å².